The van der Waals surface area contributed by atoms with Crippen molar-refractivity contribution in [3.05, 3.63) is 0 Å². The molecule has 2 atom stereocenters. The topological polar surface area (TPSA) is 59.6 Å². The minimum Gasteiger partial charge on any atom is -0.376 e. The average Bonchev–Trinajstić information content (AvgIpc) is 2.43. The van der Waals surface area contributed by atoms with Gasteiger partial charge in [0.05, 0.1) is 11.6 Å². The third-order valence-electron chi connectivity index (χ3n) is 2.81. The first-order valence-corrected chi connectivity index (χ1v) is 5.28. The van der Waals surface area contributed by atoms with Gasteiger partial charge in [0, 0.05) is 13.2 Å². The highest BCUT2D eigenvalue weighted by molar-refractivity contribution is 5.78. The summed E-state index contributed by atoms with van der Waals surface area (Å²) in [6.45, 7) is 7.85. The van der Waals surface area contributed by atoms with Crippen molar-refractivity contribution in [3.8, 4) is 0 Å². The molecule has 0 saturated carbocycles. The summed E-state index contributed by atoms with van der Waals surface area (Å²) < 4.78 is 5.50. The van der Waals surface area contributed by atoms with Crippen LogP contribution >= 0.6 is 0 Å². The van der Waals surface area contributed by atoms with Crippen LogP contribution < -0.4 is 11.1 Å². The van der Waals surface area contributed by atoms with Crippen molar-refractivity contribution in [1.29, 1.82) is 0 Å². The molecule has 1 fully saturated rings. The maximum atomic E-state index is 5.77. The van der Waals surface area contributed by atoms with E-state index in [0.717, 1.165) is 26.0 Å². The first kappa shape index (κ1) is 11.3. The monoisotopic (exact) mass is 199 g/mol. The molecular weight excluding hydrogens is 178 g/mol. The molecule has 0 aromatic carbocycles. The van der Waals surface area contributed by atoms with Gasteiger partial charge in [-0.15, -0.1) is 0 Å². The maximum absolute atomic E-state index is 5.77. The van der Waals surface area contributed by atoms with Crippen LogP contribution in [0.15, 0.2) is 4.99 Å². The van der Waals surface area contributed by atoms with Crippen molar-refractivity contribution in [2.45, 2.75) is 45.3 Å². The minimum absolute atomic E-state index is 0.0542. The lowest BCUT2D eigenvalue weighted by Gasteiger charge is -2.29. The van der Waals surface area contributed by atoms with Crippen molar-refractivity contribution in [1.82, 2.24) is 5.32 Å². The molecule has 0 radical (unpaired) electrons. The van der Waals surface area contributed by atoms with Gasteiger partial charge in [-0.25, -0.2) is 0 Å². The number of nitrogens with one attached hydrogen (secondary N) is 1. The van der Waals surface area contributed by atoms with E-state index in [1.165, 1.54) is 0 Å². The summed E-state index contributed by atoms with van der Waals surface area (Å²) in [5.41, 5.74) is 5.72. The van der Waals surface area contributed by atoms with Gasteiger partial charge in [-0.1, -0.05) is 6.92 Å². The molecule has 4 nitrogen and oxygen atoms in total. The fraction of sp³-hybridized carbons (Fsp3) is 0.900. The van der Waals surface area contributed by atoms with Gasteiger partial charge in [-0.3, -0.25) is 4.99 Å². The van der Waals surface area contributed by atoms with Crippen LogP contribution in [0.1, 0.15) is 33.6 Å². The summed E-state index contributed by atoms with van der Waals surface area (Å²) in [5.74, 6) is 0.534. The van der Waals surface area contributed by atoms with Gasteiger partial charge in [0.1, 0.15) is 0 Å². The van der Waals surface area contributed by atoms with E-state index >= 15 is 0 Å². The van der Waals surface area contributed by atoms with Crippen LogP contribution in [0.5, 0.6) is 0 Å². The zero-order valence-electron chi connectivity index (χ0n) is 9.34. The van der Waals surface area contributed by atoms with Crippen LogP contribution in [0, 0.1) is 0 Å². The molecule has 0 aromatic heterocycles. The highest BCUT2D eigenvalue weighted by Gasteiger charge is 2.37. The Hall–Kier alpha value is -0.770. The smallest absolute Gasteiger partial charge is 0.189 e. The molecule has 3 N–H and O–H groups in total. The number of aliphatic imine (C=N–C) groups is 1. The summed E-state index contributed by atoms with van der Waals surface area (Å²) in [5, 5.41) is 3.24. The molecule has 0 aliphatic carbocycles. The standard InChI is InChI=1S/C10H21N3O/c1-4-6-12-9(11)13-10(3)5-7-14-8(10)2/h8H,4-7H2,1-3H3,(H3,11,12,13). The molecule has 1 saturated heterocycles. The van der Waals surface area contributed by atoms with Crippen LogP contribution in [0.2, 0.25) is 0 Å². The van der Waals surface area contributed by atoms with E-state index in [0.29, 0.717) is 5.96 Å². The van der Waals surface area contributed by atoms with Gasteiger partial charge in [0.15, 0.2) is 5.96 Å². The van der Waals surface area contributed by atoms with Gasteiger partial charge >= 0.3 is 0 Å². The maximum Gasteiger partial charge on any atom is 0.189 e. The number of hydrogen-bond donors (Lipinski definition) is 2. The number of guanidine groups is 1. The second-order valence-electron chi connectivity index (χ2n) is 4.07. The molecule has 1 aliphatic heterocycles. The number of nitrogens with zero attached hydrogens (tertiary/aromatic N) is 1. The quantitative estimate of drug-likeness (QED) is 0.523. The molecule has 4 heteroatoms. The van der Waals surface area contributed by atoms with Crippen LogP contribution in [0.3, 0.4) is 0 Å². The zero-order valence-corrected chi connectivity index (χ0v) is 9.34. The Labute approximate surface area is 85.9 Å². The van der Waals surface area contributed by atoms with Crippen LogP contribution in [-0.4, -0.2) is 30.8 Å². The Bertz CT molecular complexity index is 217. The predicted octanol–water partition coefficient (Wildman–Crippen LogP) is 0.868. The average molecular weight is 199 g/mol. The SMILES string of the molecule is CCCN=C(N)NC1(C)CCOC1C. The van der Waals surface area contributed by atoms with E-state index < -0.39 is 0 Å². The van der Waals surface area contributed by atoms with Crippen molar-refractivity contribution in [3.63, 3.8) is 0 Å². The summed E-state index contributed by atoms with van der Waals surface area (Å²) in [6, 6.07) is 0. The van der Waals surface area contributed by atoms with Crippen molar-refractivity contribution < 1.29 is 4.74 Å². The molecule has 1 aliphatic rings. The second-order valence-corrected chi connectivity index (χ2v) is 4.07. The molecule has 1 rings (SSSR count). The van der Waals surface area contributed by atoms with Gasteiger partial charge in [0.2, 0.25) is 0 Å². The number of rotatable bonds is 3. The number of ether oxygens (including phenoxy) is 1. The van der Waals surface area contributed by atoms with Gasteiger partial charge in [0.25, 0.3) is 0 Å². The van der Waals surface area contributed by atoms with Crippen molar-refractivity contribution in [2.24, 2.45) is 10.7 Å². The van der Waals surface area contributed by atoms with Crippen LogP contribution in [0.25, 0.3) is 0 Å². The molecular formula is C10H21N3O. The molecule has 0 spiro atoms. The lowest BCUT2D eigenvalue weighted by molar-refractivity contribution is 0.0947. The third kappa shape index (κ3) is 2.61. The molecule has 0 aromatic rings. The molecule has 14 heavy (non-hydrogen) atoms. The minimum atomic E-state index is -0.0542. The predicted molar refractivity (Wildman–Crippen MR) is 58.4 cm³/mol. The summed E-state index contributed by atoms with van der Waals surface area (Å²) >= 11 is 0. The van der Waals surface area contributed by atoms with Gasteiger partial charge < -0.3 is 15.8 Å². The van der Waals surface area contributed by atoms with Gasteiger partial charge in [-0.05, 0) is 26.7 Å². The van der Waals surface area contributed by atoms with E-state index in [1.807, 2.05) is 0 Å². The Morgan fingerprint density at radius 2 is 2.43 bits per heavy atom. The van der Waals surface area contributed by atoms with E-state index in [2.05, 4.69) is 31.1 Å². The van der Waals surface area contributed by atoms with Gasteiger partial charge in [-0.2, -0.15) is 0 Å². The van der Waals surface area contributed by atoms with E-state index in [1.54, 1.807) is 0 Å². The number of hydrogen-bond acceptors (Lipinski definition) is 2. The molecule has 0 bridgehead atoms. The molecule has 0 amide bonds. The Kier molecular flexibility index (Phi) is 3.75. The summed E-state index contributed by atoms with van der Waals surface area (Å²) in [7, 11) is 0. The first-order chi connectivity index (χ1) is 6.58. The highest BCUT2D eigenvalue weighted by atomic mass is 16.5. The van der Waals surface area contributed by atoms with E-state index in [-0.39, 0.29) is 11.6 Å². The fourth-order valence-corrected chi connectivity index (χ4v) is 1.56. The Morgan fingerprint density at radius 1 is 1.71 bits per heavy atom. The fourth-order valence-electron chi connectivity index (χ4n) is 1.56. The molecule has 2 unspecified atom stereocenters. The van der Waals surface area contributed by atoms with Crippen molar-refractivity contribution in [2.75, 3.05) is 13.2 Å². The molecule has 1 heterocycles. The summed E-state index contributed by atoms with van der Waals surface area (Å²) in [4.78, 5) is 4.21. The van der Waals surface area contributed by atoms with Crippen LogP contribution in [-0.2, 0) is 4.74 Å². The summed E-state index contributed by atoms with van der Waals surface area (Å²) in [6.07, 6.45) is 2.19. The van der Waals surface area contributed by atoms with Crippen molar-refractivity contribution >= 4 is 5.96 Å². The second kappa shape index (κ2) is 4.64. The Morgan fingerprint density at radius 3 is 2.93 bits per heavy atom. The molecule has 82 valence electrons. The third-order valence-corrected chi connectivity index (χ3v) is 2.81. The normalized spacial score (nSPS) is 33.4. The lowest BCUT2D eigenvalue weighted by atomic mass is 9.95. The van der Waals surface area contributed by atoms with Crippen LogP contribution in [0.4, 0.5) is 0 Å². The first-order valence-electron chi connectivity index (χ1n) is 5.28. The van der Waals surface area contributed by atoms with E-state index in [9.17, 15) is 0 Å². The van der Waals surface area contributed by atoms with E-state index in [4.69, 9.17) is 10.5 Å². The zero-order chi connectivity index (χ0) is 10.6. The Balaban J connectivity index is 2.49. The highest BCUT2D eigenvalue weighted by Crippen LogP contribution is 2.24. The lowest BCUT2D eigenvalue weighted by Crippen LogP contribution is -2.53. The number of nitrogens with two attached hydrogens (primary N) is 1. The largest absolute Gasteiger partial charge is 0.376 e.